The number of rotatable bonds is 4. The van der Waals surface area contributed by atoms with E-state index in [1.807, 2.05) is 13.0 Å². The molecular formula is C18H15F4N3S. The first-order valence-electron chi connectivity index (χ1n) is 8.10. The van der Waals surface area contributed by atoms with Gasteiger partial charge in [-0.2, -0.15) is 8.78 Å². The van der Waals surface area contributed by atoms with E-state index >= 15 is 0 Å². The second-order valence-electron chi connectivity index (χ2n) is 6.63. The molecule has 1 aliphatic rings. The molecule has 136 valence electrons. The van der Waals surface area contributed by atoms with Crippen LogP contribution in [0, 0.1) is 18.6 Å². The van der Waals surface area contributed by atoms with Crippen LogP contribution in [0.2, 0.25) is 0 Å². The van der Waals surface area contributed by atoms with Crippen molar-refractivity contribution in [1.82, 2.24) is 9.97 Å². The van der Waals surface area contributed by atoms with Gasteiger partial charge in [-0.05, 0) is 37.1 Å². The highest BCUT2D eigenvalue weighted by Crippen LogP contribution is 2.44. The summed E-state index contributed by atoms with van der Waals surface area (Å²) in [6.45, 7) is 2.64. The zero-order chi connectivity index (χ0) is 18.6. The van der Waals surface area contributed by atoms with Gasteiger partial charge in [-0.25, -0.2) is 18.7 Å². The van der Waals surface area contributed by atoms with Crippen LogP contribution in [0.5, 0.6) is 0 Å². The van der Waals surface area contributed by atoms with E-state index in [0.717, 1.165) is 17.9 Å². The highest BCUT2D eigenvalue weighted by atomic mass is 32.1. The summed E-state index contributed by atoms with van der Waals surface area (Å²) in [4.78, 5) is 9.45. The van der Waals surface area contributed by atoms with E-state index in [1.165, 1.54) is 17.4 Å². The molecule has 1 aromatic carbocycles. The molecule has 0 radical (unpaired) electrons. The van der Waals surface area contributed by atoms with Crippen LogP contribution in [0.4, 0.5) is 23.4 Å². The summed E-state index contributed by atoms with van der Waals surface area (Å²) >= 11 is 1.33. The summed E-state index contributed by atoms with van der Waals surface area (Å²) in [5.74, 6) is -5.12. The van der Waals surface area contributed by atoms with Gasteiger partial charge in [0.15, 0.2) is 11.6 Å². The zero-order valence-electron chi connectivity index (χ0n) is 14.0. The summed E-state index contributed by atoms with van der Waals surface area (Å²) in [6, 6.07) is 5.60. The molecule has 1 N–H and O–H groups in total. The number of halogens is 4. The maximum absolute atomic E-state index is 13.7. The molecule has 2 heterocycles. The molecule has 1 aliphatic carbocycles. The smallest absolute Gasteiger partial charge is 0.303 e. The number of fused-ring (bicyclic) bond motifs is 1. The van der Waals surface area contributed by atoms with Crippen molar-refractivity contribution >= 4 is 27.4 Å². The van der Waals surface area contributed by atoms with Crippen LogP contribution in [0.25, 0.3) is 10.2 Å². The zero-order valence-corrected chi connectivity index (χ0v) is 14.8. The van der Waals surface area contributed by atoms with Gasteiger partial charge in [-0.15, -0.1) is 11.3 Å². The predicted octanol–water partition coefficient (Wildman–Crippen LogP) is 5.36. The number of hydrogen-bond donors (Lipinski definition) is 1. The standard InChI is InChI=1S/C18H15F4N3S/c1-8-5-11-15(24-17(18(2,21)22)25-16(11)26-8)23-14-7-10(14)9-3-4-12(19)13(20)6-9/h3-6,10,14H,7H2,1-2H3,(H,23,24,25)/t10-,14+/m0/s1. The first-order valence-corrected chi connectivity index (χ1v) is 8.92. The van der Waals surface area contributed by atoms with E-state index in [-0.39, 0.29) is 12.0 Å². The number of anilines is 1. The number of hydrogen-bond acceptors (Lipinski definition) is 4. The van der Waals surface area contributed by atoms with Crippen molar-refractivity contribution in [1.29, 1.82) is 0 Å². The molecule has 0 unspecified atom stereocenters. The number of aromatic nitrogens is 2. The Bertz CT molecular complexity index is 996. The van der Waals surface area contributed by atoms with Gasteiger partial charge in [0.2, 0.25) is 5.82 Å². The average molecular weight is 381 g/mol. The summed E-state index contributed by atoms with van der Waals surface area (Å²) < 4.78 is 53.9. The number of nitrogens with one attached hydrogen (secondary N) is 1. The Balaban J connectivity index is 1.64. The topological polar surface area (TPSA) is 37.8 Å². The van der Waals surface area contributed by atoms with Gasteiger partial charge >= 0.3 is 5.92 Å². The normalized spacial score (nSPS) is 19.8. The van der Waals surface area contributed by atoms with E-state index in [4.69, 9.17) is 0 Å². The van der Waals surface area contributed by atoms with Gasteiger partial charge in [0.05, 0.1) is 5.39 Å². The highest BCUT2D eigenvalue weighted by Gasteiger charge is 2.40. The molecule has 3 aromatic rings. The minimum Gasteiger partial charge on any atom is -0.366 e. The monoisotopic (exact) mass is 381 g/mol. The lowest BCUT2D eigenvalue weighted by Crippen LogP contribution is -2.15. The maximum Gasteiger partial charge on any atom is 0.303 e. The first-order chi connectivity index (χ1) is 12.2. The van der Waals surface area contributed by atoms with E-state index < -0.39 is 23.4 Å². The summed E-state index contributed by atoms with van der Waals surface area (Å²) in [7, 11) is 0. The molecule has 0 spiro atoms. The van der Waals surface area contributed by atoms with Crippen LogP contribution in [0.1, 0.15) is 35.5 Å². The van der Waals surface area contributed by atoms with Crippen molar-refractivity contribution in [2.45, 2.75) is 38.2 Å². The fraction of sp³-hybridized carbons (Fsp3) is 0.333. The van der Waals surface area contributed by atoms with Crippen molar-refractivity contribution in [2.75, 3.05) is 5.32 Å². The first kappa shape index (κ1) is 17.2. The van der Waals surface area contributed by atoms with E-state index in [1.54, 1.807) is 6.07 Å². The molecule has 1 saturated carbocycles. The molecule has 2 aromatic heterocycles. The Morgan fingerprint density at radius 1 is 1.15 bits per heavy atom. The predicted molar refractivity (Wildman–Crippen MR) is 92.8 cm³/mol. The van der Waals surface area contributed by atoms with Crippen molar-refractivity contribution < 1.29 is 17.6 Å². The second-order valence-corrected chi connectivity index (χ2v) is 7.86. The third-order valence-electron chi connectivity index (χ3n) is 4.39. The number of aryl methyl sites for hydroxylation is 1. The van der Waals surface area contributed by atoms with Gasteiger partial charge in [-0.3, -0.25) is 0 Å². The number of alkyl halides is 2. The second kappa shape index (κ2) is 5.90. The highest BCUT2D eigenvalue weighted by molar-refractivity contribution is 7.18. The van der Waals surface area contributed by atoms with E-state index in [0.29, 0.717) is 28.0 Å². The molecule has 2 atom stereocenters. The van der Waals surface area contributed by atoms with Crippen molar-refractivity contribution in [2.24, 2.45) is 0 Å². The molecule has 0 aliphatic heterocycles. The molecule has 1 fully saturated rings. The fourth-order valence-electron chi connectivity index (χ4n) is 2.99. The molecule has 0 saturated heterocycles. The average Bonchev–Trinajstić information content (AvgIpc) is 3.20. The number of benzene rings is 1. The Labute approximate surface area is 151 Å². The van der Waals surface area contributed by atoms with Gasteiger partial charge in [0.25, 0.3) is 0 Å². The van der Waals surface area contributed by atoms with Crippen LogP contribution in [-0.4, -0.2) is 16.0 Å². The molecule has 8 heteroatoms. The number of thiophene rings is 1. The van der Waals surface area contributed by atoms with E-state index in [2.05, 4.69) is 15.3 Å². The Hall–Kier alpha value is -2.22. The third kappa shape index (κ3) is 3.13. The lowest BCUT2D eigenvalue weighted by Gasteiger charge is -2.12. The van der Waals surface area contributed by atoms with Crippen LogP contribution in [0.15, 0.2) is 24.3 Å². The molecule has 0 bridgehead atoms. The van der Waals surface area contributed by atoms with Crippen LogP contribution >= 0.6 is 11.3 Å². The maximum atomic E-state index is 13.7. The van der Waals surface area contributed by atoms with Crippen molar-refractivity contribution in [3.63, 3.8) is 0 Å². The Morgan fingerprint density at radius 3 is 2.62 bits per heavy atom. The minimum absolute atomic E-state index is 0.0135. The van der Waals surface area contributed by atoms with Crippen LogP contribution < -0.4 is 5.32 Å². The Morgan fingerprint density at radius 2 is 1.92 bits per heavy atom. The molecule has 0 amide bonds. The van der Waals surface area contributed by atoms with Gasteiger partial charge < -0.3 is 5.32 Å². The summed E-state index contributed by atoms with van der Waals surface area (Å²) in [5, 5.41) is 3.86. The SMILES string of the molecule is Cc1cc2c(N[C@@H]3C[C@H]3c3ccc(F)c(F)c3)nc(C(C)(F)F)nc2s1. The summed E-state index contributed by atoms with van der Waals surface area (Å²) in [6.07, 6.45) is 0.692. The Kier molecular flexibility index (Phi) is 3.91. The van der Waals surface area contributed by atoms with Crippen molar-refractivity contribution in [3.8, 4) is 0 Å². The van der Waals surface area contributed by atoms with Crippen LogP contribution in [0.3, 0.4) is 0 Å². The largest absolute Gasteiger partial charge is 0.366 e. The van der Waals surface area contributed by atoms with Crippen LogP contribution in [-0.2, 0) is 5.92 Å². The van der Waals surface area contributed by atoms with Gasteiger partial charge in [-0.1, -0.05) is 6.07 Å². The molecule has 4 rings (SSSR count). The number of nitrogens with zero attached hydrogens (tertiary/aromatic N) is 2. The molecule has 3 nitrogen and oxygen atoms in total. The lowest BCUT2D eigenvalue weighted by molar-refractivity contribution is 0.00824. The molecular weight excluding hydrogens is 366 g/mol. The quantitative estimate of drug-likeness (QED) is 0.619. The van der Waals surface area contributed by atoms with Gasteiger partial charge in [0, 0.05) is 23.8 Å². The molecule has 26 heavy (non-hydrogen) atoms. The fourth-order valence-corrected chi connectivity index (χ4v) is 3.87. The lowest BCUT2D eigenvalue weighted by atomic mass is 10.1. The van der Waals surface area contributed by atoms with Gasteiger partial charge in [0.1, 0.15) is 10.6 Å². The minimum atomic E-state index is -3.15. The van der Waals surface area contributed by atoms with E-state index in [9.17, 15) is 17.6 Å². The third-order valence-corrected chi connectivity index (χ3v) is 5.34. The van der Waals surface area contributed by atoms with Crippen molar-refractivity contribution in [3.05, 3.63) is 52.2 Å². The summed E-state index contributed by atoms with van der Waals surface area (Å²) in [5.41, 5.74) is 0.675.